The largest absolute Gasteiger partial charge is 0.494 e. The maximum Gasteiger partial charge on any atom is 0.257 e. The Labute approximate surface area is 164 Å². The van der Waals surface area contributed by atoms with E-state index in [9.17, 15) is 4.79 Å². The van der Waals surface area contributed by atoms with Gasteiger partial charge in [-0.05, 0) is 42.5 Å². The molecule has 0 aliphatic carbocycles. The van der Waals surface area contributed by atoms with Gasteiger partial charge >= 0.3 is 0 Å². The number of carbonyl (C=O) groups is 1. The third-order valence-electron chi connectivity index (χ3n) is 4.11. The smallest absolute Gasteiger partial charge is 0.257 e. The van der Waals surface area contributed by atoms with E-state index in [0.29, 0.717) is 33.1 Å². The first-order valence-corrected chi connectivity index (χ1v) is 8.82. The summed E-state index contributed by atoms with van der Waals surface area (Å²) >= 11 is 12.1. The van der Waals surface area contributed by atoms with Crippen LogP contribution in [0.1, 0.15) is 10.4 Å². The summed E-state index contributed by atoms with van der Waals surface area (Å²) < 4.78 is 5.42. The van der Waals surface area contributed by atoms with Crippen molar-refractivity contribution >= 4 is 56.9 Å². The lowest BCUT2D eigenvalue weighted by atomic mass is 10.1. The Morgan fingerprint density at radius 3 is 2.41 bits per heavy atom. The summed E-state index contributed by atoms with van der Waals surface area (Å²) in [6.45, 7) is 0. The van der Waals surface area contributed by atoms with Crippen LogP contribution >= 0.6 is 23.2 Å². The van der Waals surface area contributed by atoms with Gasteiger partial charge in [0, 0.05) is 5.02 Å². The van der Waals surface area contributed by atoms with Crippen LogP contribution in [0.25, 0.3) is 22.1 Å². The van der Waals surface area contributed by atoms with Crippen molar-refractivity contribution in [2.24, 2.45) is 0 Å². The van der Waals surface area contributed by atoms with E-state index in [0.717, 1.165) is 11.0 Å². The van der Waals surface area contributed by atoms with Crippen molar-refractivity contribution in [2.75, 3.05) is 12.4 Å². The van der Waals surface area contributed by atoms with Gasteiger partial charge in [0.25, 0.3) is 5.91 Å². The number of hydrogen-bond acceptors (Lipinski definition) is 4. The average molecular weight is 398 g/mol. The Bertz CT molecular complexity index is 1190. The maximum absolute atomic E-state index is 12.8. The molecule has 0 bridgehead atoms. The number of nitrogens with one attached hydrogen (secondary N) is 1. The summed E-state index contributed by atoms with van der Waals surface area (Å²) in [7, 11) is 1.53. The molecule has 0 radical (unpaired) electrons. The number of para-hydroxylation sites is 2. The van der Waals surface area contributed by atoms with Gasteiger partial charge in [-0.2, -0.15) is 0 Å². The van der Waals surface area contributed by atoms with Crippen molar-refractivity contribution < 1.29 is 9.53 Å². The molecular weight excluding hydrogens is 385 g/mol. The molecule has 1 N–H and O–H groups in total. The van der Waals surface area contributed by atoms with E-state index in [2.05, 4.69) is 15.3 Å². The molecule has 0 aliphatic rings. The lowest BCUT2D eigenvalue weighted by molar-refractivity contribution is 0.102. The molecular formula is C20H13Cl2N3O2. The van der Waals surface area contributed by atoms with Crippen LogP contribution in [-0.4, -0.2) is 23.0 Å². The van der Waals surface area contributed by atoms with Crippen LogP contribution in [0.4, 0.5) is 5.69 Å². The molecule has 0 saturated carbocycles. The molecule has 27 heavy (non-hydrogen) atoms. The van der Waals surface area contributed by atoms with Crippen molar-refractivity contribution in [2.45, 2.75) is 0 Å². The fourth-order valence-electron chi connectivity index (χ4n) is 2.81. The van der Waals surface area contributed by atoms with Gasteiger partial charge < -0.3 is 10.1 Å². The number of nitrogens with zero attached hydrogens (tertiary/aromatic N) is 2. The van der Waals surface area contributed by atoms with Crippen LogP contribution in [0.2, 0.25) is 10.0 Å². The second-order valence-corrected chi connectivity index (χ2v) is 6.64. The zero-order valence-corrected chi connectivity index (χ0v) is 15.7. The molecule has 0 atom stereocenters. The molecule has 0 spiro atoms. The molecule has 1 heterocycles. The van der Waals surface area contributed by atoms with Crippen LogP contribution in [0.15, 0.2) is 54.6 Å². The van der Waals surface area contributed by atoms with Crippen LogP contribution in [0.3, 0.4) is 0 Å². The second kappa shape index (κ2) is 7.02. The van der Waals surface area contributed by atoms with E-state index >= 15 is 0 Å². The van der Waals surface area contributed by atoms with E-state index in [1.54, 1.807) is 24.3 Å². The zero-order chi connectivity index (χ0) is 19.0. The molecule has 4 aromatic rings. The Kier molecular flexibility index (Phi) is 4.56. The summed E-state index contributed by atoms with van der Waals surface area (Å²) in [4.78, 5) is 22.0. The molecule has 7 heteroatoms. The highest BCUT2D eigenvalue weighted by atomic mass is 35.5. The van der Waals surface area contributed by atoms with Crippen LogP contribution < -0.4 is 10.1 Å². The average Bonchev–Trinajstić information content (AvgIpc) is 2.66. The SMILES string of the molecule is COc1ccc2nc3ccccc3nc2c1NC(=O)c1ccc(Cl)cc1Cl. The number of benzene rings is 3. The highest BCUT2D eigenvalue weighted by Crippen LogP contribution is 2.33. The van der Waals surface area contributed by atoms with Crippen molar-refractivity contribution in [3.8, 4) is 5.75 Å². The number of carbonyl (C=O) groups excluding carboxylic acids is 1. The first-order valence-electron chi connectivity index (χ1n) is 8.06. The maximum atomic E-state index is 12.8. The highest BCUT2D eigenvalue weighted by molar-refractivity contribution is 6.37. The summed E-state index contributed by atoms with van der Waals surface area (Å²) in [5.41, 5.74) is 3.41. The minimum absolute atomic E-state index is 0.260. The summed E-state index contributed by atoms with van der Waals surface area (Å²) in [5, 5.41) is 3.57. The molecule has 4 rings (SSSR count). The quantitative estimate of drug-likeness (QED) is 0.473. The first-order chi connectivity index (χ1) is 13.1. The Balaban J connectivity index is 1.86. The molecule has 3 aromatic carbocycles. The number of fused-ring (bicyclic) bond motifs is 2. The van der Waals surface area contributed by atoms with Gasteiger partial charge in [0.2, 0.25) is 0 Å². The number of amides is 1. The predicted molar refractivity (Wildman–Crippen MR) is 108 cm³/mol. The number of aromatic nitrogens is 2. The molecule has 0 unspecified atom stereocenters. The van der Waals surface area contributed by atoms with Gasteiger partial charge in [-0.15, -0.1) is 0 Å². The number of anilines is 1. The van der Waals surface area contributed by atoms with Crippen molar-refractivity contribution in [1.82, 2.24) is 9.97 Å². The Morgan fingerprint density at radius 2 is 1.70 bits per heavy atom. The van der Waals surface area contributed by atoms with E-state index in [1.807, 2.05) is 24.3 Å². The Hall–Kier alpha value is -2.89. The highest BCUT2D eigenvalue weighted by Gasteiger charge is 2.17. The summed E-state index contributed by atoms with van der Waals surface area (Å²) in [6.07, 6.45) is 0. The second-order valence-electron chi connectivity index (χ2n) is 5.80. The normalized spacial score (nSPS) is 10.9. The molecule has 0 saturated heterocycles. The lowest BCUT2D eigenvalue weighted by Gasteiger charge is -2.13. The Morgan fingerprint density at radius 1 is 0.963 bits per heavy atom. The third kappa shape index (κ3) is 3.27. The lowest BCUT2D eigenvalue weighted by Crippen LogP contribution is -2.14. The molecule has 0 fully saturated rings. The van der Waals surface area contributed by atoms with Crippen molar-refractivity contribution in [1.29, 1.82) is 0 Å². The monoisotopic (exact) mass is 397 g/mol. The van der Waals surface area contributed by atoms with Crippen LogP contribution in [0, 0.1) is 0 Å². The van der Waals surface area contributed by atoms with E-state index in [4.69, 9.17) is 27.9 Å². The van der Waals surface area contributed by atoms with Crippen molar-refractivity contribution in [3.63, 3.8) is 0 Å². The topological polar surface area (TPSA) is 64.1 Å². The predicted octanol–water partition coefficient (Wildman–Crippen LogP) is 5.35. The number of ether oxygens (including phenoxy) is 1. The number of methoxy groups -OCH3 is 1. The van der Waals surface area contributed by atoms with E-state index in [1.165, 1.54) is 13.2 Å². The number of hydrogen-bond donors (Lipinski definition) is 1. The molecule has 134 valence electrons. The standard InChI is InChI=1S/C20H13Cl2N3O2/c1-27-17-9-8-16-18(24-15-5-3-2-4-14(15)23-16)19(17)25-20(26)12-7-6-11(21)10-13(12)22/h2-10H,1H3,(H,25,26). The summed E-state index contributed by atoms with van der Waals surface area (Å²) in [6, 6.07) is 15.8. The van der Waals surface area contributed by atoms with Crippen molar-refractivity contribution in [3.05, 3.63) is 70.2 Å². The zero-order valence-electron chi connectivity index (χ0n) is 14.2. The number of rotatable bonds is 3. The van der Waals surface area contributed by atoms with Gasteiger partial charge in [0.05, 0.1) is 34.2 Å². The van der Waals surface area contributed by atoms with Gasteiger partial charge in [-0.25, -0.2) is 9.97 Å². The van der Waals surface area contributed by atoms with Gasteiger partial charge in [0.15, 0.2) is 0 Å². The van der Waals surface area contributed by atoms with Gasteiger partial charge in [-0.1, -0.05) is 35.3 Å². The molecule has 0 aliphatic heterocycles. The van der Waals surface area contributed by atoms with Gasteiger partial charge in [-0.3, -0.25) is 4.79 Å². The fraction of sp³-hybridized carbons (Fsp3) is 0.0500. The minimum Gasteiger partial charge on any atom is -0.494 e. The molecule has 1 aromatic heterocycles. The summed E-state index contributed by atoms with van der Waals surface area (Å²) in [5.74, 6) is 0.0861. The first kappa shape index (κ1) is 17.5. The van der Waals surface area contributed by atoms with E-state index < -0.39 is 5.91 Å². The van der Waals surface area contributed by atoms with Crippen LogP contribution in [-0.2, 0) is 0 Å². The minimum atomic E-state index is -0.391. The number of halogens is 2. The fourth-order valence-corrected chi connectivity index (χ4v) is 3.31. The van der Waals surface area contributed by atoms with Gasteiger partial charge in [0.1, 0.15) is 17.0 Å². The third-order valence-corrected chi connectivity index (χ3v) is 4.66. The van der Waals surface area contributed by atoms with E-state index in [-0.39, 0.29) is 5.02 Å². The van der Waals surface area contributed by atoms with Crippen LogP contribution in [0.5, 0.6) is 5.75 Å². The molecule has 1 amide bonds. The molecule has 5 nitrogen and oxygen atoms in total.